The van der Waals surface area contributed by atoms with Crippen molar-refractivity contribution in [1.82, 2.24) is 4.31 Å². The summed E-state index contributed by atoms with van der Waals surface area (Å²) in [7, 11) is -2.44. The Morgan fingerprint density at radius 2 is 1.85 bits per heavy atom. The molecule has 1 aromatic carbocycles. The summed E-state index contributed by atoms with van der Waals surface area (Å²) in [6, 6.07) is 11.3. The largest absolute Gasteiger partial charge is 0.475 e. The van der Waals surface area contributed by atoms with Crippen LogP contribution in [-0.2, 0) is 16.6 Å². The number of nitrogens with zero attached hydrogens (tertiary/aromatic N) is 1. The van der Waals surface area contributed by atoms with Crippen LogP contribution in [0.2, 0.25) is 0 Å². The van der Waals surface area contributed by atoms with E-state index < -0.39 is 21.8 Å². The van der Waals surface area contributed by atoms with Crippen LogP contribution in [0.15, 0.2) is 52.0 Å². The van der Waals surface area contributed by atoms with E-state index in [-0.39, 0.29) is 11.6 Å². The van der Waals surface area contributed by atoms with E-state index in [0.29, 0.717) is 0 Å². The van der Waals surface area contributed by atoms with Crippen molar-refractivity contribution in [3.63, 3.8) is 0 Å². The van der Waals surface area contributed by atoms with Crippen LogP contribution in [0.1, 0.15) is 16.1 Å². The molecule has 1 heterocycles. The SMILES string of the molecule is CN(Cc1ccccc1)S(=O)(=O)c1ccc(C(=O)O)o1. The van der Waals surface area contributed by atoms with Crippen molar-refractivity contribution >= 4 is 16.0 Å². The highest BCUT2D eigenvalue weighted by atomic mass is 32.2. The van der Waals surface area contributed by atoms with Gasteiger partial charge in [0, 0.05) is 13.6 Å². The molecule has 2 aromatic rings. The van der Waals surface area contributed by atoms with Crippen LogP contribution in [0, 0.1) is 0 Å². The molecule has 0 bridgehead atoms. The van der Waals surface area contributed by atoms with Gasteiger partial charge in [-0.3, -0.25) is 0 Å². The molecule has 0 saturated carbocycles. The number of hydrogen-bond donors (Lipinski definition) is 1. The molecule has 0 aliphatic rings. The van der Waals surface area contributed by atoms with E-state index in [9.17, 15) is 13.2 Å². The molecule has 0 atom stereocenters. The highest BCUT2D eigenvalue weighted by molar-refractivity contribution is 7.88. The molecule has 0 aliphatic carbocycles. The number of furan rings is 1. The molecule has 0 fully saturated rings. The summed E-state index contributed by atoms with van der Waals surface area (Å²) in [5.74, 6) is -1.71. The Balaban J connectivity index is 2.23. The van der Waals surface area contributed by atoms with Crippen molar-refractivity contribution in [1.29, 1.82) is 0 Å². The van der Waals surface area contributed by atoms with Gasteiger partial charge in [-0.2, -0.15) is 4.31 Å². The highest BCUT2D eigenvalue weighted by Crippen LogP contribution is 2.19. The maximum atomic E-state index is 12.2. The van der Waals surface area contributed by atoms with Gasteiger partial charge in [0.2, 0.25) is 10.9 Å². The van der Waals surface area contributed by atoms with Gasteiger partial charge in [0.1, 0.15) is 0 Å². The summed E-state index contributed by atoms with van der Waals surface area (Å²) in [6.45, 7) is 0.173. The number of carboxylic acid groups (broad SMARTS) is 1. The number of rotatable bonds is 5. The lowest BCUT2D eigenvalue weighted by Crippen LogP contribution is -2.26. The van der Waals surface area contributed by atoms with Gasteiger partial charge < -0.3 is 9.52 Å². The van der Waals surface area contributed by atoms with Crippen LogP contribution >= 0.6 is 0 Å². The van der Waals surface area contributed by atoms with Crippen LogP contribution in [0.3, 0.4) is 0 Å². The molecule has 1 N–H and O–H groups in total. The molecule has 20 heavy (non-hydrogen) atoms. The molecule has 0 radical (unpaired) electrons. The Morgan fingerprint density at radius 1 is 1.20 bits per heavy atom. The Labute approximate surface area is 116 Å². The van der Waals surface area contributed by atoms with Crippen LogP contribution in [0.4, 0.5) is 0 Å². The molecule has 0 aliphatic heterocycles. The van der Waals surface area contributed by atoms with Gasteiger partial charge >= 0.3 is 5.97 Å². The van der Waals surface area contributed by atoms with Crippen molar-refractivity contribution in [3.05, 3.63) is 53.8 Å². The van der Waals surface area contributed by atoms with Gasteiger partial charge in [0.05, 0.1) is 0 Å². The van der Waals surface area contributed by atoms with Gasteiger partial charge in [0.15, 0.2) is 0 Å². The first-order valence-electron chi connectivity index (χ1n) is 5.74. The zero-order chi connectivity index (χ0) is 14.8. The van der Waals surface area contributed by atoms with Crippen molar-refractivity contribution in [2.45, 2.75) is 11.6 Å². The molecule has 1 aromatic heterocycles. The van der Waals surface area contributed by atoms with E-state index in [1.165, 1.54) is 7.05 Å². The molecule has 2 rings (SSSR count). The molecule has 106 valence electrons. The third kappa shape index (κ3) is 2.89. The van der Waals surface area contributed by atoms with Gasteiger partial charge in [0.25, 0.3) is 10.0 Å². The van der Waals surface area contributed by atoms with Crippen LogP contribution in [0.25, 0.3) is 0 Å². The van der Waals surface area contributed by atoms with Crippen molar-refractivity contribution in [2.24, 2.45) is 0 Å². The van der Waals surface area contributed by atoms with Gasteiger partial charge in [-0.05, 0) is 17.7 Å². The van der Waals surface area contributed by atoms with Gasteiger partial charge in [-0.1, -0.05) is 30.3 Å². The second-order valence-corrected chi connectivity index (χ2v) is 6.15. The lowest BCUT2D eigenvalue weighted by molar-refractivity contribution is 0.0656. The first-order chi connectivity index (χ1) is 9.41. The van der Waals surface area contributed by atoms with E-state index in [0.717, 1.165) is 22.0 Å². The molecule has 0 amide bonds. The topological polar surface area (TPSA) is 87.8 Å². The number of aromatic carboxylic acids is 1. The molecule has 0 saturated heterocycles. The van der Waals surface area contributed by atoms with E-state index >= 15 is 0 Å². The molecule has 0 spiro atoms. The summed E-state index contributed by atoms with van der Waals surface area (Å²) in [5, 5.41) is 8.35. The summed E-state index contributed by atoms with van der Waals surface area (Å²) < 4.78 is 30.4. The third-order valence-corrected chi connectivity index (χ3v) is 4.38. The zero-order valence-corrected chi connectivity index (χ0v) is 11.5. The quantitative estimate of drug-likeness (QED) is 0.908. The minimum absolute atomic E-state index is 0.173. The molecule has 6 nitrogen and oxygen atoms in total. The summed E-state index contributed by atoms with van der Waals surface area (Å²) >= 11 is 0. The van der Waals surface area contributed by atoms with Crippen molar-refractivity contribution < 1.29 is 22.7 Å². The number of carbonyl (C=O) groups is 1. The number of sulfonamides is 1. The van der Waals surface area contributed by atoms with E-state index in [1.807, 2.05) is 18.2 Å². The maximum absolute atomic E-state index is 12.2. The summed E-state index contributed by atoms with van der Waals surface area (Å²) in [4.78, 5) is 10.7. The van der Waals surface area contributed by atoms with E-state index in [2.05, 4.69) is 0 Å². The predicted molar refractivity (Wildman–Crippen MR) is 70.8 cm³/mol. The van der Waals surface area contributed by atoms with Crippen LogP contribution < -0.4 is 0 Å². The summed E-state index contributed by atoms with van der Waals surface area (Å²) in [5.41, 5.74) is 0.823. The molecular formula is C13H13NO5S. The Hall–Kier alpha value is -2.12. The minimum atomic E-state index is -3.85. The lowest BCUT2D eigenvalue weighted by atomic mass is 10.2. The van der Waals surface area contributed by atoms with Gasteiger partial charge in [-0.15, -0.1) is 0 Å². The Morgan fingerprint density at radius 3 is 2.40 bits per heavy atom. The number of hydrogen-bond acceptors (Lipinski definition) is 4. The average Bonchev–Trinajstić information content (AvgIpc) is 2.90. The Bertz CT molecular complexity index is 705. The average molecular weight is 295 g/mol. The molecule has 0 unspecified atom stereocenters. The van der Waals surface area contributed by atoms with Crippen LogP contribution in [-0.4, -0.2) is 30.8 Å². The zero-order valence-electron chi connectivity index (χ0n) is 10.7. The second kappa shape index (κ2) is 5.48. The van der Waals surface area contributed by atoms with E-state index in [4.69, 9.17) is 9.52 Å². The fraction of sp³-hybridized carbons (Fsp3) is 0.154. The van der Waals surface area contributed by atoms with Gasteiger partial charge in [-0.25, -0.2) is 13.2 Å². The molecular weight excluding hydrogens is 282 g/mol. The van der Waals surface area contributed by atoms with E-state index in [1.54, 1.807) is 12.1 Å². The smallest absolute Gasteiger partial charge is 0.371 e. The highest BCUT2D eigenvalue weighted by Gasteiger charge is 2.25. The molecule has 7 heteroatoms. The number of carboxylic acids is 1. The van der Waals surface area contributed by atoms with Crippen molar-refractivity contribution in [2.75, 3.05) is 7.05 Å². The fourth-order valence-electron chi connectivity index (χ4n) is 1.65. The Kier molecular flexibility index (Phi) is 3.91. The summed E-state index contributed by atoms with van der Waals surface area (Å²) in [6.07, 6.45) is 0. The predicted octanol–water partition coefficient (Wildman–Crippen LogP) is 1.80. The first kappa shape index (κ1) is 14.3. The monoisotopic (exact) mass is 295 g/mol. The standard InChI is InChI=1S/C13H13NO5S/c1-14(9-10-5-3-2-4-6-10)20(17,18)12-8-7-11(19-12)13(15)16/h2-8H,9H2,1H3,(H,15,16). The maximum Gasteiger partial charge on any atom is 0.371 e. The normalized spacial score (nSPS) is 11.7. The van der Waals surface area contributed by atoms with Crippen LogP contribution in [0.5, 0.6) is 0 Å². The van der Waals surface area contributed by atoms with Crippen molar-refractivity contribution in [3.8, 4) is 0 Å². The number of benzene rings is 1. The lowest BCUT2D eigenvalue weighted by Gasteiger charge is -2.15. The minimum Gasteiger partial charge on any atom is -0.475 e. The first-order valence-corrected chi connectivity index (χ1v) is 7.18. The second-order valence-electron chi connectivity index (χ2n) is 4.17. The fourth-order valence-corrected chi connectivity index (χ4v) is 2.71. The third-order valence-electron chi connectivity index (χ3n) is 2.70.